The van der Waals surface area contributed by atoms with Crippen LogP contribution in [0, 0.1) is 0 Å². The number of halogens is 1. The SMILES string of the molecule is CC1(C)OC[C@@H](COC(=O)OCCl)O1. The van der Waals surface area contributed by atoms with E-state index in [9.17, 15) is 4.79 Å². The van der Waals surface area contributed by atoms with Crippen LogP contribution in [0.15, 0.2) is 0 Å². The number of ether oxygens (including phenoxy) is 4. The molecule has 1 heterocycles. The highest BCUT2D eigenvalue weighted by Gasteiger charge is 2.33. The van der Waals surface area contributed by atoms with Gasteiger partial charge in [-0.1, -0.05) is 11.6 Å². The van der Waals surface area contributed by atoms with E-state index in [1.807, 2.05) is 0 Å². The maximum absolute atomic E-state index is 10.7. The number of hydrogen-bond donors (Lipinski definition) is 0. The minimum Gasteiger partial charge on any atom is -0.431 e. The van der Waals surface area contributed by atoms with Crippen LogP contribution in [0.3, 0.4) is 0 Å². The Morgan fingerprint density at radius 3 is 2.79 bits per heavy atom. The van der Waals surface area contributed by atoms with E-state index in [1.54, 1.807) is 13.8 Å². The zero-order valence-electron chi connectivity index (χ0n) is 8.12. The fraction of sp³-hybridized carbons (Fsp3) is 0.875. The van der Waals surface area contributed by atoms with Crippen molar-refractivity contribution in [3.63, 3.8) is 0 Å². The Bertz CT molecular complexity index is 206. The molecule has 1 saturated heterocycles. The summed E-state index contributed by atoms with van der Waals surface area (Å²) in [5.41, 5.74) is 0. The van der Waals surface area contributed by atoms with Gasteiger partial charge in [0, 0.05) is 0 Å². The third-order valence-electron chi connectivity index (χ3n) is 1.63. The summed E-state index contributed by atoms with van der Waals surface area (Å²) < 4.78 is 19.7. The van der Waals surface area contributed by atoms with Crippen molar-refractivity contribution in [2.75, 3.05) is 19.3 Å². The number of alkyl halides is 1. The monoisotopic (exact) mass is 224 g/mol. The fourth-order valence-electron chi connectivity index (χ4n) is 1.09. The Labute approximate surface area is 87.2 Å². The third kappa shape index (κ3) is 3.69. The molecule has 82 valence electrons. The van der Waals surface area contributed by atoms with Crippen LogP contribution in [0.5, 0.6) is 0 Å². The molecule has 1 rings (SSSR count). The van der Waals surface area contributed by atoms with Gasteiger partial charge in [-0.15, -0.1) is 0 Å². The molecule has 1 aliphatic rings. The summed E-state index contributed by atoms with van der Waals surface area (Å²) in [6.07, 6.45) is -1.04. The zero-order valence-corrected chi connectivity index (χ0v) is 8.87. The maximum Gasteiger partial charge on any atom is 0.509 e. The molecule has 0 saturated carbocycles. The lowest BCUT2D eigenvalue weighted by molar-refractivity contribution is -0.143. The fourth-order valence-corrected chi connectivity index (χ4v) is 1.18. The molecule has 6 heteroatoms. The Morgan fingerprint density at radius 2 is 2.29 bits per heavy atom. The van der Waals surface area contributed by atoms with Gasteiger partial charge in [-0.25, -0.2) is 4.79 Å². The number of rotatable bonds is 3. The van der Waals surface area contributed by atoms with Gasteiger partial charge in [-0.05, 0) is 13.8 Å². The van der Waals surface area contributed by atoms with E-state index in [-0.39, 0.29) is 18.8 Å². The summed E-state index contributed by atoms with van der Waals surface area (Å²) in [7, 11) is 0. The smallest absolute Gasteiger partial charge is 0.431 e. The van der Waals surface area contributed by atoms with Crippen LogP contribution < -0.4 is 0 Å². The predicted octanol–water partition coefficient (Wildman–Crippen LogP) is 1.49. The molecule has 0 aromatic rings. The predicted molar refractivity (Wildman–Crippen MR) is 48.1 cm³/mol. The van der Waals surface area contributed by atoms with Crippen molar-refractivity contribution in [2.24, 2.45) is 0 Å². The second-order valence-electron chi connectivity index (χ2n) is 3.27. The first-order chi connectivity index (χ1) is 6.53. The van der Waals surface area contributed by atoms with Crippen LogP contribution in [0.4, 0.5) is 4.79 Å². The van der Waals surface area contributed by atoms with E-state index in [2.05, 4.69) is 4.74 Å². The van der Waals surface area contributed by atoms with Crippen LogP contribution in [0.25, 0.3) is 0 Å². The van der Waals surface area contributed by atoms with Gasteiger partial charge in [-0.3, -0.25) is 0 Å². The lowest BCUT2D eigenvalue weighted by Gasteiger charge is -2.16. The summed E-state index contributed by atoms with van der Waals surface area (Å²) in [4.78, 5) is 10.7. The highest BCUT2D eigenvalue weighted by molar-refractivity contribution is 6.17. The van der Waals surface area contributed by atoms with Crippen molar-refractivity contribution in [2.45, 2.75) is 25.7 Å². The summed E-state index contributed by atoms with van der Waals surface area (Å²) >= 11 is 5.16. The minimum absolute atomic E-state index is 0.110. The van der Waals surface area contributed by atoms with Gasteiger partial charge >= 0.3 is 6.16 Å². The number of hydrogen-bond acceptors (Lipinski definition) is 5. The quantitative estimate of drug-likeness (QED) is 0.537. The maximum atomic E-state index is 10.7. The molecular weight excluding hydrogens is 212 g/mol. The Hall–Kier alpha value is -0.520. The molecule has 1 aliphatic heterocycles. The molecule has 0 amide bonds. The van der Waals surface area contributed by atoms with E-state index in [0.29, 0.717) is 6.61 Å². The number of carbonyl (C=O) groups is 1. The second kappa shape index (κ2) is 4.82. The first-order valence-electron chi connectivity index (χ1n) is 4.21. The van der Waals surface area contributed by atoms with Gasteiger partial charge in [0.15, 0.2) is 11.9 Å². The molecular formula is C8H13ClO5. The van der Waals surface area contributed by atoms with Crippen LogP contribution in [-0.2, 0) is 18.9 Å². The van der Waals surface area contributed by atoms with Gasteiger partial charge in [0.2, 0.25) is 0 Å². The molecule has 0 bridgehead atoms. The molecule has 0 aliphatic carbocycles. The largest absolute Gasteiger partial charge is 0.509 e. The lowest BCUT2D eigenvalue weighted by atomic mass is 10.4. The van der Waals surface area contributed by atoms with Crippen LogP contribution in [-0.4, -0.2) is 37.3 Å². The first-order valence-corrected chi connectivity index (χ1v) is 4.74. The second-order valence-corrected chi connectivity index (χ2v) is 3.48. The molecule has 0 spiro atoms. The standard InChI is InChI=1S/C8H13ClO5/c1-8(2)13-4-6(14-8)3-11-7(10)12-5-9/h6H,3-5H2,1-2H3/t6-/m1/s1. The molecule has 0 radical (unpaired) electrons. The lowest BCUT2D eigenvalue weighted by Crippen LogP contribution is -2.25. The van der Waals surface area contributed by atoms with Gasteiger partial charge in [-0.2, -0.15) is 0 Å². The van der Waals surface area contributed by atoms with Gasteiger partial charge < -0.3 is 18.9 Å². The van der Waals surface area contributed by atoms with Crippen LogP contribution in [0.2, 0.25) is 0 Å². The molecule has 14 heavy (non-hydrogen) atoms. The average molecular weight is 225 g/mol. The van der Waals surface area contributed by atoms with E-state index >= 15 is 0 Å². The van der Waals surface area contributed by atoms with Crippen molar-refractivity contribution < 1.29 is 23.7 Å². The summed E-state index contributed by atoms with van der Waals surface area (Å²) in [5.74, 6) is -0.607. The van der Waals surface area contributed by atoms with Crippen LogP contribution in [0.1, 0.15) is 13.8 Å². The molecule has 0 aromatic carbocycles. The Kier molecular flexibility index (Phi) is 3.97. The van der Waals surface area contributed by atoms with Crippen LogP contribution >= 0.6 is 11.6 Å². The highest BCUT2D eigenvalue weighted by Crippen LogP contribution is 2.22. The Morgan fingerprint density at radius 1 is 1.57 bits per heavy atom. The van der Waals surface area contributed by atoms with E-state index in [1.165, 1.54) is 0 Å². The average Bonchev–Trinajstić information content (AvgIpc) is 2.43. The van der Waals surface area contributed by atoms with E-state index in [0.717, 1.165) is 0 Å². The summed E-state index contributed by atoms with van der Waals surface area (Å²) in [5, 5.41) is 0. The van der Waals surface area contributed by atoms with Gasteiger partial charge in [0.1, 0.15) is 12.7 Å². The van der Waals surface area contributed by atoms with Crippen molar-refractivity contribution in [1.82, 2.24) is 0 Å². The molecule has 0 aromatic heterocycles. The normalized spacial score (nSPS) is 24.6. The van der Waals surface area contributed by atoms with Crippen molar-refractivity contribution >= 4 is 17.8 Å². The Balaban J connectivity index is 2.17. The summed E-state index contributed by atoms with van der Waals surface area (Å²) in [6, 6.07) is -0.216. The molecule has 1 fully saturated rings. The van der Waals surface area contributed by atoms with Crippen molar-refractivity contribution in [1.29, 1.82) is 0 Å². The van der Waals surface area contributed by atoms with E-state index in [4.69, 9.17) is 25.8 Å². The highest BCUT2D eigenvalue weighted by atomic mass is 35.5. The zero-order chi connectivity index (χ0) is 10.6. The van der Waals surface area contributed by atoms with Gasteiger partial charge in [0.25, 0.3) is 0 Å². The topological polar surface area (TPSA) is 54.0 Å². The molecule has 0 N–H and O–H groups in total. The van der Waals surface area contributed by atoms with Gasteiger partial charge in [0.05, 0.1) is 6.61 Å². The minimum atomic E-state index is -0.798. The molecule has 0 unspecified atom stereocenters. The van der Waals surface area contributed by atoms with E-state index < -0.39 is 11.9 Å². The number of carbonyl (C=O) groups excluding carboxylic acids is 1. The molecule has 1 atom stereocenters. The van der Waals surface area contributed by atoms with Crippen molar-refractivity contribution in [3.8, 4) is 0 Å². The first kappa shape index (κ1) is 11.6. The third-order valence-corrected chi connectivity index (χ3v) is 1.74. The summed E-state index contributed by atoms with van der Waals surface area (Å²) in [6.45, 7) is 4.11. The molecule has 5 nitrogen and oxygen atoms in total. The van der Waals surface area contributed by atoms with Crippen molar-refractivity contribution in [3.05, 3.63) is 0 Å².